The van der Waals surface area contributed by atoms with Crippen LogP contribution in [0.25, 0.3) is 0 Å². The van der Waals surface area contributed by atoms with Crippen LogP contribution in [0, 0.1) is 12.8 Å². The zero-order chi connectivity index (χ0) is 15.0. The van der Waals surface area contributed by atoms with Gasteiger partial charge in [0, 0.05) is 11.8 Å². The Hall–Kier alpha value is -0.960. The van der Waals surface area contributed by atoms with E-state index in [9.17, 15) is 4.79 Å². The first-order valence-corrected chi connectivity index (χ1v) is 8.55. The third kappa shape index (κ3) is 7.59. The van der Waals surface area contributed by atoms with Crippen LogP contribution in [0.2, 0.25) is 0 Å². The van der Waals surface area contributed by atoms with Gasteiger partial charge >= 0.3 is 0 Å². The van der Waals surface area contributed by atoms with Gasteiger partial charge in [0.1, 0.15) is 0 Å². The van der Waals surface area contributed by atoms with Gasteiger partial charge in [0.05, 0.1) is 5.75 Å². The van der Waals surface area contributed by atoms with E-state index in [1.54, 1.807) is 11.8 Å². The van der Waals surface area contributed by atoms with Crippen LogP contribution in [0.3, 0.4) is 0 Å². The number of aryl methyl sites for hydroxylation is 1. The fourth-order valence-corrected chi connectivity index (χ4v) is 2.82. The quantitative estimate of drug-likeness (QED) is 0.779. The van der Waals surface area contributed by atoms with Crippen molar-refractivity contribution in [2.75, 3.05) is 5.75 Å². The van der Waals surface area contributed by atoms with Gasteiger partial charge in [0.15, 0.2) is 0 Å². The molecule has 1 atom stereocenters. The predicted molar refractivity (Wildman–Crippen MR) is 89.0 cm³/mol. The van der Waals surface area contributed by atoms with Crippen molar-refractivity contribution < 1.29 is 4.79 Å². The Bertz CT molecular complexity index is 417. The minimum absolute atomic E-state index is 0.152. The molecule has 1 aromatic carbocycles. The van der Waals surface area contributed by atoms with Crippen molar-refractivity contribution in [3.05, 3.63) is 35.4 Å². The van der Waals surface area contributed by atoms with Crippen LogP contribution in [0.5, 0.6) is 0 Å². The van der Waals surface area contributed by atoms with E-state index in [4.69, 9.17) is 0 Å². The van der Waals surface area contributed by atoms with Gasteiger partial charge in [-0.25, -0.2) is 0 Å². The number of hydrogen-bond donors (Lipinski definition) is 1. The number of thioether (sulfide) groups is 1. The molecule has 1 rings (SSSR count). The molecule has 0 radical (unpaired) electrons. The maximum absolute atomic E-state index is 11.8. The van der Waals surface area contributed by atoms with Crippen molar-refractivity contribution in [1.29, 1.82) is 0 Å². The number of benzene rings is 1. The lowest BCUT2D eigenvalue weighted by molar-refractivity contribution is -0.119. The summed E-state index contributed by atoms with van der Waals surface area (Å²) in [6.07, 6.45) is 2.23. The summed E-state index contributed by atoms with van der Waals surface area (Å²) in [6, 6.07) is 8.74. The van der Waals surface area contributed by atoms with Crippen molar-refractivity contribution in [3.63, 3.8) is 0 Å². The molecule has 0 aromatic heterocycles. The standard InChI is InChI=1S/C17H27NOS/c1-13(2)8-9-15(4)18-17(19)12-20-11-16-7-5-6-14(3)10-16/h5-7,10,13,15H,8-9,11-12H2,1-4H3,(H,18,19). The highest BCUT2D eigenvalue weighted by atomic mass is 32.2. The van der Waals surface area contributed by atoms with Crippen molar-refractivity contribution in [2.24, 2.45) is 5.92 Å². The number of rotatable bonds is 8. The molecule has 2 nitrogen and oxygen atoms in total. The third-order valence-corrected chi connectivity index (χ3v) is 4.17. The van der Waals surface area contributed by atoms with E-state index < -0.39 is 0 Å². The Morgan fingerprint density at radius 2 is 2.00 bits per heavy atom. The summed E-state index contributed by atoms with van der Waals surface area (Å²) in [7, 11) is 0. The molecule has 0 bridgehead atoms. The molecular formula is C17H27NOS. The van der Waals surface area contributed by atoms with Gasteiger partial charge in [-0.3, -0.25) is 4.79 Å². The van der Waals surface area contributed by atoms with Crippen molar-refractivity contribution >= 4 is 17.7 Å². The van der Waals surface area contributed by atoms with E-state index >= 15 is 0 Å². The first kappa shape index (κ1) is 17.1. The van der Waals surface area contributed by atoms with E-state index in [0.717, 1.165) is 18.6 Å². The van der Waals surface area contributed by atoms with Gasteiger partial charge in [-0.2, -0.15) is 0 Å². The fourth-order valence-electron chi connectivity index (χ4n) is 2.04. The minimum Gasteiger partial charge on any atom is -0.353 e. The summed E-state index contributed by atoms with van der Waals surface area (Å²) < 4.78 is 0. The zero-order valence-corrected chi connectivity index (χ0v) is 13.9. The number of amides is 1. The van der Waals surface area contributed by atoms with Crippen LogP contribution in [0.1, 0.15) is 44.7 Å². The van der Waals surface area contributed by atoms with Gasteiger partial charge in [-0.05, 0) is 38.2 Å². The van der Waals surface area contributed by atoms with Gasteiger partial charge < -0.3 is 5.32 Å². The summed E-state index contributed by atoms with van der Waals surface area (Å²) in [6.45, 7) is 8.61. The molecule has 112 valence electrons. The molecule has 20 heavy (non-hydrogen) atoms. The average molecular weight is 293 g/mol. The zero-order valence-electron chi connectivity index (χ0n) is 13.1. The molecule has 3 heteroatoms. The molecule has 0 aliphatic heterocycles. The Labute approximate surface area is 127 Å². The van der Waals surface area contributed by atoms with Gasteiger partial charge in [-0.1, -0.05) is 43.7 Å². The van der Waals surface area contributed by atoms with Crippen LogP contribution >= 0.6 is 11.8 Å². The van der Waals surface area contributed by atoms with Crippen molar-refractivity contribution in [1.82, 2.24) is 5.32 Å². The summed E-state index contributed by atoms with van der Waals surface area (Å²) in [5, 5.41) is 3.07. The molecule has 1 N–H and O–H groups in total. The van der Waals surface area contributed by atoms with Crippen molar-refractivity contribution in [2.45, 2.75) is 52.3 Å². The molecular weight excluding hydrogens is 266 g/mol. The number of hydrogen-bond acceptors (Lipinski definition) is 2. The monoisotopic (exact) mass is 293 g/mol. The Kier molecular flexibility index (Phi) is 7.75. The molecule has 0 saturated heterocycles. The van der Waals surface area contributed by atoms with Crippen LogP contribution < -0.4 is 5.32 Å². The van der Waals surface area contributed by atoms with E-state index in [2.05, 4.69) is 57.3 Å². The lowest BCUT2D eigenvalue weighted by Gasteiger charge is -2.15. The lowest BCUT2D eigenvalue weighted by Crippen LogP contribution is -2.34. The normalized spacial score (nSPS) is 12.4. The summed E-state index contributed by atoms with van der Waals surface area (Å²) in [4.78, 5) is 11.8. The smallest absolute Gasteiger partial charge is 0.230 e. The van der Waals surface area contributed by atoms with Crippen LogP contribution in [-0.4, -0.2) is 17.7 Å². The predicted octanol–water partition coefficient (Wildman–Crippen LogP) is 4.17. The van der Waals surface area contributed by atoms with Gasteiger partial charge in [0.25, 0.3) is 0 Å². The Morgan fingerprint density at radius 1 is 1.25 bits per heavy atom. The largest absolute Gasteiger partial charge is 0.353 e. The Morgan fingerprint density at radius 3 is 2.65 bits per heavy atom. The van der Waals surface area contributed by atoms with Crippen LogP contribution in [-0.2, 0) is 10.5 Å². The average Bonchev–Trinajstić information content (AvgIpc) is 2.36. The van der Waals surface area contributed by atoms with Crippen LogP contribution in [0.4, 0.5) is 0 Å². The molecule has 0 fully saturated rings. The molecule has 1 amide bonds. The second-order valence-corrected chi connectivity index (χ2v) is 6.91. The van der Waals surface area contributed by atoms with Crippen LogP contribution in [0.15, 0.2) is 24.3 Å². The minimum atomic E-state index is 0.152. The maximum Gasteiger partial charge on any atom is 0.230 e. The first-order chi connectivity index (χ1) is 9.47. The highest BCUT2D eigenvalue weighted by Gasteiger charge is 2.08. The summed E-state index contributed by atoms with van der Waals surface area (Å²) >= 11 is 1.68. The van der Waals surface area contributed by atoms with Crippen molar-refractivity contribution in [3.8, 4) is 0 Å². The van der Waals surface area contributed by atoms with E-state index in [1.807, 2.05) is 0 Å². The van der Waals surface area contributed by atoms with E-state index in [1.165, 1.54) is 11.1 Å². The second kappa shape index (κ2) is 9.06. The Balaban J connectivity index is 2.20. The number of carbonyl (C=O) groups excluding carboxylic acids is 1. The molecule has 1 aromatic rings. The highest BCUT2D eigenvalue weighted by Crippen LogP contribution is 2.13. The fraction of sp³-hybridized carbons (Fsp3) is 0.588. The summed E-state index contributed by atoms with van der Waals surface area (Å²) in [5.41, 5.74) is 2.56. The highest BCUT2D eigenvalue weighted by molar-refractivity contribution is 7.99. The second-order valence-electron chi connectivity index (χ2n) is 5.92. The topological polar surface area (TPSA) is 29.1 Å². The molecule has 0 aliphatic rings. The number of nitrogens with one attached hydrogen (secondary N) is 1. The van der Waals surface area contributed by atoms with Gasteiger partial charge in [-0.15, -0.1) is 11.8 Å². The molecule has 0 spiro atoms. The third-order valence-electron chi connectivity index (χ3n) is 3.17. The number of carbonyl (C=O) groups is 1. The SMILES string of the molecule is Cc1cccc(CSCC(=O)NC(C)CCC(C)C)c1. The van der Waals surface area contributed by atoms with Gasteiger partial charge in [0.2, 0.25) is 5.91 Å². The first-order valence-electron chi connectivity index (χ1n) is 7.40. The molecule has 0 heterocycles. The molecule has 1 unspecified atom stereocenters. The lowest BCUT2D eigenvalue weighted by atomic mass is 10.0. The molecule has 0 aliphatic carbocycles. The summed E-state index contributed by atoms with van der Waals surface area (Å²) in [5.74, 6) is 2.29. The van der Waals surface area contributed by atoms with E-state index in [-0.39, 0.29) is 11.9 Å². The molecule has 0 saturated carbocycles. The van der Waals surface area contributed by atoms with E-state index in [0.29, 0.717) is 11.7 Å². The maximum atomic E-state index is 11.8.